The summed E-state index contributed by atoms with van der Waals surface area (Å²) in [6.07, 6.45) is 3.04. The van der Waals surface area contributed by atoms with Crippen LogP contribution in [0, 0.1) is 0 Å². The summed E-state index contributed by atoms with van der Waals surface area (Å²) in [7, 11) is -0.845. The minimum Gasteiger partial charge on any atom is -0.393 e. The van der Waals surface area contributed by atoms with E-state index in [0.29, 0.717) is 0 Å². The summed E-state index contributed by atoms with van der Waals surface area (Å²) < 4.78 is 12.7. The Morgan fingerprint density at radius 1 is 1.50 bits per heavy atom. The van der Waals surface area contributed by atoms with Gasteiger partial charge >= 0.3 is 0 Å². The number of aliphatic hydroxyl groups excluding tert-OH is 1. The van der Waals surface area contributed by atoms with Gasteiger partial charge in [0.1, 0.15) is 0 Å². The van der Waals surface area contributed by atoms with Crippen molar-refractivity contribution in [1.29, 1.82) is 0 Å². The molecule has 1 fully saturated rings. The van der Waals surface area contributed by atoms with E-state index in [9.17, 15) is 4.21 Å². The monoisotopic (exact) mass is 163 g/mol. The molecule has 1 N–H and O–H groups in total. The van der Waals surface area contributed by atoms with Crippen LogP contribution in [0.25, 0.3) is 0 Å². The lowest BCUT2D eigenvalue weighted by atomic mass is 10.1. The Morgan fingerprint density at radius 2 is 2.00 bits per heavy atom. The molecule has 0 aliphatic carbocycles. The third kappa shape index (κ3) is 2.04. The van der Waals surface area contributed by atoms with Crippen LogP contribution in [-0.4, -0.2) is 39.1 Å². The topological polar surface area (TPSA) is 40.5 Å². The summed E-state index contributed by atoms with van der Waals surface area (Å²) in [5.41, 5.74) is 0. The van der Waals surface area contributed by atoms with E-state index in [1.807, 2.05) is 4.31 Å². The summed E-state index contributed by atoms with van der Waals surface area (Å²) in [6, 6.07) is 0. The summed E-state index contributed by atoms with van der Waals surface area (Å²) >= 11 is 0. The SMILES string of the molecule is CS(=O)N1CCC(O)CC1. The van der Waals surface area contributed by atoms with E-state index in [2.05, 4.69) is 0 Å². The quantitative estimate of drug-likeness (QED) is 0.578. The maximum Gasteiger partial charge on any atom is 0.0910 e. The highest BCUT2D eigenvalue weighted by molar-refractivity contribution is 7.81. The van der Waals surface area contributed by atoms with Crippen LogP contribution in [0.2, 0.25) is 0 Å². The van der Waals surface area contributed by atoms with Gasteiger partial charge in [0.25, 0.3) is 0 Å². The average molecular weight is 163 g/mol. The van der Waals surface area contributed by atoms with Crippen molar-refractivity contribution in [3.05, 3.63) is 0 Å². The molecule has 1 aliphatic rings. The van der Waals surface area contributed by atoms with E-state index >= 15 is 0 Å². The highest BCUT2D eigenvalue weighted by Crippen LogP contribution is 2.10. The molecule has 60 valence electrons. The Hall–Kier alpha value is 0.0700. The van der Waals surface area contributed by atoms with Gasteiger partial charge in [-0.3, -0.25) is 0 Å². The van der Waals surface area contributed by atoms with Gasteiger partial charge < -0.3 is 5.11 Å². The van der Waals surface area contributed by atoms with E-state index in [4.69, 9.17) is 5.11 Å². The van der Waals surface area contributed by atoms with Crippen molar-refractivity contribution in [1.82, 2.24) is 4.31 Å². The fourth-order valence-electron chi connectivity index (χ4n) is 1.10. The molecule has 0 spiro atoms. The molecule has 0 aromatic rings. The van der Waals surface area contributed by atoms with E-state index in [-0.39, 0.29) is 6.10 Å². The maximum atomic E-state index is 10.9. The van der Waals surface area contributed by atoms with Gasteiger partial charge in [-0.15, -0.1) is 0 Å². The minimum absolute atomic E-state index is 0.167. The number of piperidine rings is 1. The molecule has 1 rings (SSSR count). The molecule has 0 amide bonds. The van der Waals surface area contributed by atoms with Crippen LogP contribution in [0.5, 0.6) is 0 Å². The van der Waals surface area contributed by atoms with E-state index in [1.54, 1.807) is 6.26 Å². The molecule has 0 saturated carbocycles. The molecule has 10 heavy (non-hydrogen) atoms. The lowest BCUT2D eigenvalue weighted by Gasteiger charge is -2.26. The van der Waals surface area contributed by atoms with Crippen molar-refractivity contribution < 1.29 is 9.32 Å². The Balaban J connectivity index is 2.33. The third-order valence-corrected chi connectivity index (χ3v) is 2.88. The van der Waals surface area contributed by atoms with Crippen LogP contribution in [0.15, 0.2) is 0 Å². The molecule has 0 aromatic heterocycles. The van der Waals surface area contributed by atoms with Gasteiger partial charge in [-0.05, 0) is 12.8 Å². The zero-order valence-corrected chi connectivity index (χ0v) is 6.93. The zero-order valence-electron chi connectivity index (χ0n) is 6.12. The van der Waals surface area contributed by atoms with Gasteiger partial charge in [0.2, 0.25) is 0 Å². The first kappa shape index (κ1) is 8.17. The number of hydrogen-bond donors (Lipinski definition) is 1. The van der Waals surface area contributed by atoms with Crippen LogP contribution in [0.1, 0.15) is 12.8 Å². The third-order valence-electron chi connectivity index (χ3n) is 1.79. The van der Waals surface area contributed by atoms with Crippen molar-refractivity contribution in [3.63, 3.8) is 0 Å². The van der Waals surface area contributed by atoms with Crippen LogP contribution < -0.4 is 0 Å². The Bertz CT molecular complexity index is 132. The molecule has 3 nitrogen and oxygen atoms in total. The van der Waals surface area contributed by atoms with Gasteiger partial charge in [-0.1, -0.05) is 0 Å². The highest BCUT2D eigenvalue weighted by Gasteiger charge is 2.18. The average Bonchev–Trinajstić information content (AvgIpc) is 1.88. The van der Waals surface area contributed by atoms with Crippen LogP contribution in [0.4, 0.5) is 0 Å². The zero-order chi connectivity index (χ0) is 7.56. The van der Waals surface area contributed by atoms with Crippen LogP contribution in [0.3, 0.4) is 0 Å². The first-order valence-corrected chi connectivity index (χ1v) is 4.98. The second-order valence-electron chi connectivity index (χ2n) is 2.58. The Labute approximate surface area is 63.6 Å². The Kier molecular flexibility index (Phi) is 2.82. The molecule has 1 atom stereocenters. The van der Waals surface area contributed by atoms with Crippen LogP contribution >= 0.6 is 0 Å². The number of rotatable bonds is 1. The predicted octanol–water partition coefficient (Wildman–Crippen LogP) is -0.263. The fraction of sp³-hybridized carbons (Fsp3) is 1.00. The highest BCUT2D eigenvalue weighted by atomic mass is 32.2. The molecular weight excluding hydrogens is 150 g/mol. The summed E-state index contributed by atoms with van der Waals surface area (Å²) in [5, 5.41) is 9.08. The smallest absolute Gasteiger partial charge is 0.0910 e. The summed E-state index contributed by atoms with van der Waals surface area (Å²) in [4.78, 5) is 0. The first-order chi connectivity index (χ1) is 4.70. The van der Waals surface area contributed by atoms with E-state index < -0.39 is 11.0 Å². The lowest BCUT2D eigenvalue weighted by Crippen LogP contribution is -2.36. The number of aliphatic hydroxyl groups is 1. The molecule has 0 aromatic carbocycles. The van der Waals surface area contributed by atoms with Crippen LogP contribution in [-0.2, 0) is 11.0 Å². The van der Waals surface area contributed by atoms with Crippen molar-refractivity contribution in [2.24, 2.45) is 0 Å². The molecule has 0 bridgehead atoms. The second-order valence-corrected chi connectivity index (χ2v) is 3.95. The van der Waals surface area contributed by atoms with Crippen molar-refractivity contribution in [2.45, 2.75) is 18.9 Å². The molecule has 1 aliphatic heterocycles. The molecule has 1 heterocycles. The predicted molar refractivity (Wildman–Crippen MR) is 40.9 cm³/mol. The standard InChI is InChI=1S/C6H13NO2S/c1-10(9)7-4-2-6(8)3-5-7/h6,8H,2-5H2,1H3. The van der Waals surface area contributed by atoms with Crippen molar-refractivity contribution in [3.8, 4) is 0 Å². The van der Waals surface area contributed by atoms with Gasteiger partial charge in [0.15, 0.2) is 0 Å². The van der Waals surface area contributed by atoms with Gasteiger partial charge in [-0.25, -0.2) is 8.51 Å². The lowest BCUT2D eigenvalue weighted by molar-refractivity contribution is 0.115. The Morgan fingerprint density at radius 3 is 2.40 bits per heavy atom. The first-order valence-electron chi connectivity index (χ1n) is 3.46. The van der Waals surface area contributed by atoms with Crippen molar-refractivity contribution in [2.75, 3.05) is 19.3 Å². The number of nitrogens with zero attached hydrogens (tertiary/aromatic N) is 1. The van der Waals surface area contributed by atoms with Gasteiger partial charge in [0, 0.05) is 19.3 Å². The maximum absolute atomic E-state index is 10.9. The molecular formula is C6H13NO2S. The van der Waals surface area contributed by atoms with E-state index in [0.717, 1.165) is 25.9 Å². The molecule has 4 heteroatoms. The summed E-state index contributed by atoms with van der Waals surface area (Å²) in [5.74, 6) is 0. The van der Waals surface area contributed by atoms with E-state index in [1.165, 1.54) is 0 Å². The minimum atomic E-state index is -0.845. The molecule has 1 unspecified atom stereocenters. The molecule has 0 radical (unpaired) electrons. The summed E-state index contributed by atoms with van der Waals surface area (Å²) in [6.45, 7) is 1.54. The normalized spacial score (nSPS) is 26.6. The number of hydrogen-bond acceptors (Lipinski definition) is 2. The van der Waals surface area contributed by atoms with Gasteiger partial charge in [0.05, 0.1) is 17.1 Å². The molecule has 1 saturated heterocycles. The largest absolute Gasteiger partial charge is 0.393 e. The van der Waals surface area contributed by atoms with Gasteiger partial charge in [-0.2, -0.15) is 0 Å². The fourth-order valence-corrected chi connectivity index (χ4v) is 1.82. The second kappa shape index (κ2) is 3.46. The van der Waals surface area contributed by atoms with Crippen molar-refractivity contribution >= 4 is 11.0 Å².